The van der Waals surface area contributed by atoms with Gasteiger partial charge >= 0.3 is 6.03 Å². The quantitative estimate of drug-likeness (QED) is 0.585. The number of hydrogen-bond donors (Lipinski definition) is 1. The van der Waals surface area contributed by atoms with E-state index in [0.717, 1.165) is 44.5 Å². The summed E-state index contributed by atoms with van der Waals surface area (Å²) in [6.07, 6.45) is 6.36. The molecule has 0 spiro atoms. The smallest absolute Gasteiger partial charge is 0.318 e. The molecule has 0 radical (unpaired) electrons. The first-order valence-electron chi connectivity index (χ1n) is 10.5. The van der Waals surface area contributed by atoms with Gasteiger partial charge in [0.05, 0.1) is 18.9 Å². The Labute approximate surface area is 168 Å². The third-order valence-corrected chi connectivity index (χ3v) is 5.22. The maximum absolute atomic E-state index is 13.1. The number of ether oxygens (including phenoxy) is 1. The molecule has 28 heavy (non-hydrogen) atoms. The van der Waals surface area contributed by atoms with Crippen LogP contribution >= 0.6 is 0 Å². The molecule has 7 heteroatoms. The molecular formula is C21H35N3O4. The van der Waals surface area contributed by atoms with E-state index in [2.05, 4.69) is 12.2 Å². The Morgan fingerprint density at radius 2 is 2.18 bits per heavy atom. The number of hydrogen-bond acceptors (Lipinski definition) is 4. The largest absolute Gasteiger partial charge is 0.467 e. The minimum absolute atomic E-state index is 0.0150. The number of nitrogens with zero attached hydrogens (tertiary/aromatic N) is 2. The van der Waals surface area contributed by atoms with Crippen molar-refractivity contribution in [2.75, 3.05) is 26.2 Å². The van der Waals surface area contributed by atoms with Crippen LogP contribution in [0.1, 0.15) is 58.6 Å². The fourth-order valence-electron chi connectivity index (χ4n) is 3.25. The molecule has 0 bridgehead atoms. The van der Waals surface area contributed by atoms with E-state index in [0.29, 0.717) is 19.6 Å². The molecule has 2 rings (SSSR count). The molecule has 158 valence electrons. The molecule has 0 saturated carbocycles. The van der Waals surface area contributed by atoms with E-state index in [9.17, 15) is 9.59 Å². The zero-order valence-electron chi connectivity index (χ0n) is 17.5. The predicted molar refractivity (Wildman–Crippen MR) is 108 cm³/mol. The van der Waals surface area contributed by atoms with E-state index >= 15 is 0 Å². The first-order chi connectivity index (χ1) is 13.5. The van der Waals surface area contributed by atoms with Gasteiger partial charge in [0.1, 0.15) is 12.3 Å². The lowest BCUT2D eigenvalue weighted by atomic mass is 10.2. The van der Waals surface area contributed by atoms with E-state index in [1.54, 1.807) is 16.1 Å². The van der Waals surface area contributed by atoms with Crippen LogP contribution in [0.4, 0.5) is 4.79 Å². The fraction of sp³-hybridized carbons (Fsp3) is 0.714. The molecule has 1 aromatic rings. The number of nitrogens with one attached hydrogen (secondary N) is 1. The van der Waals surface area contributed by atoms with E-state index in [4.69, 9.17) is 9.15 Å². The number of furan rings is 1. The Bertz CT molecular complexity index is 584. The first-order valence-corrected chi connectivity index (χ1v) is 10.5. The number of carbonyl (C=O) groups is 2. The Morgan fingerprint density at radius 3 is 2.79 bits per heavy atom. The van der Waals surface area contributed by atoms with Crippen molar-refractivity contribution >= 4 is 11.9 Å². The molecule has 2 heterocycles. The molecule has 1 saturated heterocycles. The summed E-state index contributed by atoms with van der Waals surface area (Å²) >= 11 is 0. The van der Waals surface area contributed by atoms with Crippen molar-refractivity contribution in [2.45, 2.75) is 71.6 Å². The molecule has 0 aromatic carbocycles. The lowest BCUT2D eigenvalue weighted by Gasteiger charge is -2.32. The summed E-state index contributed by atoms with van der Waals surface area (Å²) in [5, 5.41) is 2.93. The Hall–Kier alpha value is -2.02. The zero-order valence-corrected chi connectivity index (χ0v) is 17.5. The highest BCUT2D eigenvalue weighted by atomic mass is 16.5. The molecule has 1 aliphatic rings. The van der Waals surface area contributed by atoms with Crippen molar-refractivity contribution in [2.24, 2.45) is 0 Å². The average molecular weight is 394 g/mol. The number of rotatable bonds is 11. The molecular weight excluding hydrogens is 358 g/mol. The number of unbranched alkanes of at least 4 members (excludes halogenated alkanes) is 1. The van der Waals surface area contributed by atoms with Crippen molar-refractivity contribution in [1.82, 2.24) is 15.1 Å². The van der Waals surface area contributed by atoms with Crippen LogP contribution in [0.3, 0.4) is 0 Å². The van der Waals surface area contributed by atoms with Crippen LogP contribution in [0.15, 0.2) is 22.8 Å². The second-order valence-corrected chi connectivity index (χ2v) is 7.46. The Balaban J connectivity index is 2.04. The number of carbonyl (C=O) groups excluding carboxylic acids is 2. The summed E-state index contributed by atoms with van der Waals surface area (Å²) < 4.78 is 11.2. The van der Waals surface area contributed by atoms with Gasteiger partial charge in [-0.3, -0.25) is 4.79 Å². The van der Waals surface area contributed by atoms with Crippen molar-refractivity contribution in [3.63, 3.8) is 0 Å². The molecule has 0 unspecified atom stereocenters. The fourth-order valence-corrected chi connectivity index (χ4v) is 3.25. The van der Waals surface area contributed by atoms with Crippen LogP contribution in [0.2, 0.25) is 0 Å². The van der Waals surface area contributed by atoms with Crippen molar-refractivity contribution < 1.29 is 18.7 Å². The van der Waals surface area contributed by atoms with Crippen molar-refractivity contribution in [3.8, 4) is 0 Å². The molecule has 1 fully saturated rings. The summed E-state index contributed by atoms with van der Waals surface area (Å²) in [6.45, 7) is 8.41. The SMILES string of the molecule is CCCCNC(=O)N(CC(=O)N(Cc1ccco1)C[C@@H]1CCCO1)[C@H](C)CC. The lowest BCUT2D eigenvalue weighted by molar-refractivity contribution is -0.134. The normalized spacial score (nSPS) is 17.3. The van der Waals surface area contributed by atoms with Crippen LogP contribution in [-0.2, 0) is 16.1 Å². The van der Waals surface area contributed by atoms with Crippen LogP contribution in [0.5, 0.6) is 0 Å². The van der Waals surface area contributed by atoms with E-state index < -0.39 is 0 Å². The van der Waals surface area contributed by atoms with Crippen LogP contribution in [0.25, 0.3) is 0 Å². The second kappa shape index (κ2) is 11.7. The minimum atomic E-state index is -0.175. The van der Waals surface area contributed by atoms with Gasteiger partial charge in [-0.25, -0.2) is 4.79 Å². The zero-order chi connectivity index (χ0) is 20.4. The molecule has 7 nitrogen and oxygen atoms in total. The van der Waals surface area contributed by atoms with E-state index in [-0.39, 0.29) is 30.6 Å². The van der Waals surface area contributed by atoms with Gasteiger partial charge in [0.2, 0.25) is 5.91 Å². The van der Waals surface area contributed by atoms with Gasteiger partial charge in [-0.1, -0.05) is 20.3 Å². The topological polar surface area (TPSA) is 75.0 Å². The van der Waals surface area contributed by atoms with Gasteiger partial charge < -0.3 is 24.3 Å². The van der Waals surface area contributed by atoms with Gasteiger partial charge in [0.25, 0.3) is 0 Å². The molecule has 2 atom stereocenters. The second-order valence-electron chi connectivity index (χ2n) is 7.46. The maximum Gasteiger partial charge on any atom is 0.318 e. The summed E-state index contributed by atoms with van der Waals surface area (Å²) in [5.41, 5.74) is 0. The molecule has 3 amide bonds. The summed E-state index contributed by atoms with van der Waals surface area (Å²) in [7, 11) is 0. The van der Waals surface area contributed by atoms with Gasteiger partial charge in [-0.05, 0) is 44.7 Å². The van der Waals surface area contributed by atoms with Crippen molar-refractivity contribution in [1.29, 1.82) is 0 Å². The third kappa shape index (κ3) is 6.86. The van der Waals surface area contributed by atoms with E-state index in [1.807, 2.05) is 26.0 Å². The Kier molecular flexibility index (Phi) is 9.34. The summed E-state index contributed by atoms with van der Waals surface area (Å²) in [6, 6.07) is 3.49. The maximum atomic E-state index is 13.1. The average Bonchev–Trinajstić information content (AvgIpc) is 3.39. The van der Waals surface area contributed by atoms with E-state index in [1.165, 1.54) is 0 Å². The Morgan fingerprint density at radius 1 is 1.36 bits per heavy atom. The lowest BCUT2D eigenvalue weighted by Crippen LogP contribution is -2.51. The highest BCUT2D eigenvalue weighted by Crippen LogP contribution is 2.16. The van der Waals surface area contributed by atoms with Gasteiger partial charge in [-0.2, -0.15) is 0 Å². The summed E-state index contributed by atoms with van der Waals surface area (Å²) in [4.78, 5) is 29.2. The molecule has 0 aliphatic carbocycles. The van der Waals surface area contributed by atoms with Crippen LogP contribution < -0.4 is 5.32 Å². The van der Waals surface area contributed by atoms with Crippen molar-refractivity contribution in [3.05, 3.63) is 24.2 Å². The third-order valence-electron chi connectivity index (χ3n) is 5.22. The molecule has 1 aliphatic heterocycles. The monoisotopic (exact) mass is 393 g/mol. The molecule has 1 N–H and O–H groups in total. The van der Waals surface area contributed by atoms with Crippen LogP contribution in [-0.4, -0.2) is 60.1 Å². The molecule has 1 aromatic heterocycles. The highest BCUT2D eigenvalue weighted by molar-refractivity contribution is 5.84. The predicted octanol–water partition coefficient (Wildman–Crippen LogP) is 3.40. The van der Waals surface area contributed by atoms with Gasteiger partial charge in [0, 0.05) is 25.7 Å². The summed E-state index contributed by atoms with van der Waals surface area (Å²) in [5.74, 6) is 0.645. The van der Waals surface area contributed by atoms with Gasteiger partial charge in [-0.15, -0.1) is 0 Å². The number of amides is 3. The standard InChI is InChI=1S/C21H35N3O4/c1-4-6-11-22-21(26)24(17(3)5-2)16-20(25)23(14-18-9-7-12-27-18)15-19-10-8-13-28-19/h7,9,12,17,19H,4-6,8,10-11,13-16H2,1-3H3,(H,22,26)/t17-,19+/m1/s1. The minimum Gasteiger partial charge on any atom is -0.467 e. The van der Waals surface area contributed by atoms with Crippen LogP contribution in [0, 0.1) is 0 Å². The van der Waals surface area contributed by atoms with Gasteiger partial charge in [0.15, 0.2) is 0 Å². The first kappa shape index (κ1) is 22.3. The highest BCUT2D eigenvalue weighted by Gasteiger charge is 2.27. The number of urea groups is 1.